The fourth-order valence-corrected chi connectivity index (χ4v) is 2.06. The van der Waals surface area contributed by atoms with Crippen molar-refractivity contribution < 1.29 is 9.84 Å². The molecule has 3 unspecified atom stereocenters. The van der Waals surface area contributed by atoms with E-state index in [4.69, 9.17) is 15.6 Å². The van der Waals surface area contributed by atoms with E-state index < -0.39 is 0 Å². The van der Waals surface area contributed by atoms with Crippen molar-refractivity contribution in [2.24, 2.45) is 5.73 Å². The van der Waals surface area contributed by atoms with Gasteiger partial charge in [0.2, 0.25) is 0 Å². The Balaban J connectivity index is 2.24. The minimum Gasteiger partial charge on any atom is -0.394 e. The molecule has 0 amide bonds. The number of ether oxygens (including phenoxy) is 1. The molecule has 0 aliphatic carbocycles. The fourth-order valence-electron chi connectivity index (χ4n) is 2.06. The van der Waals surface area contributed by atoms with Crippen LogP contribution in [0, 0.1) is 0 Å². The molecule has 5 heteroatoms. The Morgan fingerprint density at radius 2 is 2.60 bits per heavy atom. The van der Waals surface area contributed by atoms with Crippen molar-refractivity contribution in [3.05, 3.63) is 18.2 Å². The second-order valence-electron chi connectivity index (χ2n) is 3.95. The van der Waals surface area contributed by atoms with Gasteiger partial charge in [-0.15, -0.1) is 0 Å². The number of aromatic nitrogens is 2. The first-order chi connectivity index (χ1) is 7.24. The van der Waals surface area contributed by atoms with Gasteiger partial charge in [-0.3, -0.25) is 0 Å². The maximum atomic E-state index is 9.04. The smallest absolute Gasteiger partial charge is 0.0952 e. The van der Waals surface area contributed by atoms with Crippen molar-refractivity contribution in [3.8, 4) is 0 Å². The quantitative estimate of drug-likeness (QED) is 0.750. The molecule has 0 spiro atoms. The maximum absolute atomic E-state index is 9.04. The van der Waals surface area contributed by atoms with E-state index in [-0.39, 0.29) is 18.8 Å². The Bertz CT molecular complexity index is 326. The summed E-state index contributed by atoms with van der Waals surface area (Å²) in [7, 11) is 0. The zero-order valence-electron chi connectivity index (χ0n) is 8.84. The fraction of sp³-hybridized carbons (Fsp3) is 0.700. The van der Waals surface area contributed by atoms with Crippen molar-refractivity contribution in [3.63, 3.8) is 0 Å². The molecule has 5 nitrogen and oxygen atoms in total. The summed E-state index contributed by atoms with van der Waals surface area (Å²) in [5, 5.41) is 9.04. The monoisotopic (exact) mass is 211 g/mol. The molecule has 2 rings (SSSR count). The third-order valence-corrected chi connectivity index (χ3v) is 2.97. The molecular formula is C10H17N3O2. The van der Waals surface area contributed by atoms with Gasteiger partial charge in [0.1, 0.15) is 0 Å². The van der Waals surface area contributed by atoms with Crippen molar-refractivity contribution in [1.29, 1.82) is 0 Å². The summed E-state index contributed by atoms with van der Waals surface area (Å²) in [6, 6.07) is -0.0691. The van der Waals surface area contributed by atoms with Crippen LogP contribution in [0.3, 0.4) is 0 Å². The first-order valence-corrected chi connectivity index (χ1v) is 5.23. The van der Waals surface area contributed by atoms with Gasteiger partial charge in [-0.05, 0) is 13.3 Å². The minimum absolute atomic E-state index is 0.0619. The molecule has 0 bridgehead atoms. The lowest BCUT2D eigenvalue weighted by atomic mass is 10.1. The molecule has 3 atom stereocenters. The van der Waals surface area contributed by atoms with Gasteiger partial charge in [-0.1, -0.05) is 0 Å². The Labute approximate surface area is 88.9 Å². The van der Waals surface area contributed by atoms with Gasteiger partial charge in [0.15, 0.2) is 0 Å². The van der Waals surface area contributed by atoms with Gasteiger partial charge in [0, 0.05) is 12.8 Å². The van der Waals surface area contributed by atoms with Crippen LogP contribution in [0.5, 0.6) is 0 Å². The van der Waals surface area contributed by atoms with Gasteiger partial charge < -0.3 is 20.1 Å². The summed E-state index contributed by atoms with van der Waals surface area (Å²) < 4.78 is 7.53. The molecule has 1 fully saturated rings. The molecule has 15 heavy (non-hydrogen) atoms. The van der Waals surface area contributed by atoms with E-state index in [9.17, 15) is 0 Å². The molecule has 1 aromatic heterocycles. The summed E-state index contributed by atoms with van der Waals surface area (Å²) in [4.78, 5) is 4.09. The molecule has 1 saturated heterocycles. The summed E-state index contributed by atoms with van der Waals surface area (Å²) >= 11 is 0. The van der Waals surface area contributed by atoms with Gasteiger partial charge >= 0.3 is 0 Å². The summed E-state index contributed by atoms with van der Waals surface area (Å²) in [6.07, 6.45) is 4.64. The van der Waals surface area contributed by atoms with Gasteiger partial charge in [0.25, 0.3) is 0 Å². The van der Waals surface area contributed by atoms with Crippen LogP contribution in [-0.2, 0) is 4.74 Å². The first-order valence-electron chi connectivity index (χ1n) is 5.23. The minimum atomic E-state index is -0.361. The molecule has 1 aromatic rings. The number of aliphatic hydroxyl groups is 1. The Kier molecular flexibility index (Phi) is 3.04. The van der Waals surface area contributed by atoms with E-state index in [1.165, 1.54) is 0 Å². The number of hydrogen-bond acceptors (Lipinski definition) is 4. The van der Waals surface area contributed by atoms with E-state index in [1.54, 1.807) is 12.5 Å². The van der Waals surface area contributed by atoms with Crippen LogP contribution in [-0.4, -0.2) is 34.0 Å². The van der Waals surface area contributed by atoms with Crippen LogP contribution < -0.4 is 5.73 Å². The summed E-state index contributed by atoms with van der Waals surface area (Å²) in [5.74, 6) is 0. The number of imidazole rings is 1. The second-order valence-corrected chi connectivity index (χ2v) is 3.95. The second kappa shape index (κ2) is 4.30. The van der Waals surface area contributed by atoms with Crippen LogP contribution in [0.25, 0.3) is 0 Å². The molecule has 0 radical (unpaired) electrons. The molecule has 84 valence electrons. The maximum Gasteiger partial charge on any atom is 0.0952 e. The van der Waals surface area contributed by atoms with E-state index in [0.717, 1.165) is 18.7 Å². The number of rotatable bonds is 3. The molecule has 0 saturated carbocycles. The highest BCUT2D eigenvalue weighted by atomic mass is 16.5. The third kappa shape index (κ3) is 1.90. The predicted molar refractivity (Wildman–Crippen MR) is 55.3 cm³/mol. The molecular weight excluding hydrogens is 194 g/mol. The first kappa shape index (κ1) is 10.6. The Hall–Kier alpha value is -0.910. The van der Waals surface area contributed by atoms with Gasteiger partial charge in [0.05, 0.1) is 36.8 Å². The lowest BCUT2D eigenvalue weighted by Gasteiger charge is -2.20. The van der Waals surface area contributed by atoms with E-state index in [2.05, 4.69) is 4.98 Å². The van der Waals surface area contributed by atoms with Crippen molar-refractivity contribution in [2.45, 2.75) is 31.5 Å². The summed E-state index contributed by atoms with van der Waals surface area (Å²) in [6.45, 7) is 2.76. The molecule has 2 heterocycles. The van der Waals surface area contributed by atoms with Crippen molar-refractivity contribution >= 4 is 0 Å². The SMILES string of the molecule is CC1OCCC1n1cncc1C(N)CO. The number of hydrogen-bond donors (Lipinski definition) is 2. The van der Waals surface area contributed by atoms with Crippen LogP contribution in [0.1, 0.15) is 31.1 Å². The normalized spacial score (nSPS) is 28.2. The van der Waals surface area contributed by atoms with Crippen LogP contribution in [0.15, 0.2) is 12.5 Å². The topological polar surface area (TPSA) is 73.3 Å². The lowest BCUT2D eigenvalue weighted by Crippen LogP contribution is -2.24. The predicted octanol–water partition coefficient (Wildman–Crippen LogP) is 0.225. The van der Waals surface area contributed by atoms with E-state index in [0.29, 0.717) is 6.04 Å². The largest absolute Gasteiger partial charge is 0.394 e. The van der Waals surface area contributed by atoms with E-state index in [1.807, 2.05) is 11.5 Å². The highest BCUT2D eigenvalue weighted by Crippen LogP contribution is 2.28. The van der Waals surface area contributed by atoms with Crippen LogP contribution in [0.2, 0.25) is 0 Å². The van der Waals surface area contributed by atoms with Crippen molar-refractivity contribution in [2.75, 3.05) is 13.2 Å². The molecule has 3 N–H and O–H groups in total. The third-order valence-electron chi connectivity index (χ3n) is 2.97. The van der Waals surface area contributed by atoms with Gasteiger partial charge in [-0.2, -0.15) is 0 Å². The van der Waals surface area contributed by atoms with Crippen molar-refractivity contribution in [1.82, 2.24) is 9.55 Å². The number of nitrogens with two attached hydrogens (primary N) is 1. The zero-order valence-corrected chi connectivity index (χ0v) is 8.84. The Morgan fingerprint density at radius 1 is 1.80 bits per heavy atom. The molecule has 1 aliphatic rings. The van der Waals surface area contributed by atoms with Crippen LogP contribution in [0.4, 0.5) is 0 Å². The number of nitrogens with zero attached hydrogens (tertiary/aromatic N) is 2. The number of aliphatic hydroxyl groups excluding tert-OH is 1. The molecule has 1 aliphatic heterocycles. The average molecular weight is 211 g/mol. The average Bonchev–Trinajstić information content (AvgIpc) is 2.84. The highest BCUT2D eigenvalue weighted by Gasteiger charge is 2.28. The summed E-state index contributed by atoms with van der Waals surface area (Å²) in [5.41, 5.74) is 6.68. The standard InChI is InChI=1S/C10H17N3O2/c1-7-9(2-3-15-7)13-6-12-4-10(13)8(11)5-14/h4,6-9,14H,2-3,5,11H2,1H3. The highest BCUT2D eigenvalue weighted by molar-refractivity contribution is 5.07. The van der Waals surface area contributed by atoms with Crippen LogP contribution >= 0.6 is 0 Å². The Morgan fingerprint density at radius 3 is 3.20 bits per heavy atom. The lowest BCUT2D eigenvalue weighted by molar-refractivity contribution is 0.106. The van der Waals surface area contributed by atoms with Gasteiger partial charge in [-0.25, -0.2) is 4.98 Å². The zero-order chi connectivity index (χ0) is 10.8. The van der Waals surface area contributed by atoms with E-state index >= 15 is 0 Å². The molecule has 0 aromatic carbocycles.